The number of allylic oxidation sites excluding steroid dienone is 1. The molecule has 0 aliphatic heterocycles. The van der Waals surface area contributed by atoms with Crippen molar-refractivity contribution in [1.29, 1.82) is 0 Å². The average Bonchev–Trinajstić information content (AvgIpc) is 2.88. The molecule has 19 heavy (non-hydrogen) atoms. The lowest BCUT2D eigenvalue weighted by atomic mass is 10.1. The molecule has 1 aliphatic rings. The van der Waals surface area contributed by atoms with E-state index in [1.807, 2.05) is 26.0 Å². The number of nitrogens with one attached hydrogen (secondary N) is 1. The number of carbonyl (C=O) groups excluding carboxylic acids is 1. The van der Waals surface area contributed by atoms with E-state index in [2.05, 4.69) is 10.3 Å². The van der Waals surface area contributed by atoms with Crippen molar-refractivity contribution in [3.63, 3.8) is 0 Å². The first-order valence-corrected chi connectivity index (χ1v) is 6.88. The Kier molecular flexibility index (Phi) is 4.16. The van der Waals surface area contributed by atoms with Crippen LogP contribution in [-0.4, -0.2) is 10.9 Å². The molecule has 0 spiro atoms. The van der Waals surface area contributed by atoms with E-state index in [1.54, 1.807) is 18.5 Å². The fourth-order valence-corrected chi connectivity index (χ4v) is 2.70. The highest BCUT2D eigenvalue weighted by Gasteiger charge is 2.60. The summed E-state index contributed by atoms with van der Waals surface area (Å²) in [5.74, 6) is 0.0627. The van der Waals surface area contributed by atoms with Crippen molar-refractivity contribution >= 4 is 29.1 Å². The van der Waals surface area contributed by atoms with Crippen molar-refractivity contribution in [2.45, 2.75) is 20.4 Å². The van der Waals surface area contributed by atoms with Crippen LogP contribution in [0.1, 0.15) is 19.4 Å². The molecule has 2 unspecified atom stereocenters. The summed E-state index contributed by atoms with van der Waals surface area (Å²) >= 11 is 11.3. The largest absolute Gasteiger partial charge is 0.352 e. The zero-order valence-corrected chi connectivity index (χ0v) is 12.4. The monoisotopic (exact) mass is 298 g/mol. The van der Waals surface area contributed by atoms with Crippen LogP contribution >= 0.6 is 23.2 Å². The van der Waals surface area contributed by atoms with Gasteiger partial charge in [0.15, 0.2) is 0 Å². The fourth-order valence-electron chi connectivity index (χ4n) is 2.43. The van der Waals surface area contributed by atoms with Crippen molar-refractivity contribution in [1.82, 2.24) is 10.3 Å². The minimum absolute atomic E-state index is 0.0321. The lowest BCUT2D eigenvalue weighted by Gasteiger charge is -2.05. The third-order valence-corrected chi connectivity index (χ3v) is 3.94. The SMILES string of the molecule is CC1(C)C(C=C(Cl)Cl)C1C(=O)NCc1cccnc1. The van der Waals surface area contributed by atoms with E-state index in [0.717, 1.165) is 5.56 Å². The fraction of sp³-hybridized carbons (Fsp3) is 0.429. The molecule has 5 heteroatoms. The van der Waals surface area contributed by atoms with Crippen molar-refractivity contribution in [3.8, 4) is 0 Å². The van der Waals surface area contributed by atoms with Gasteiger partial charge in [-0.25, -0.2) is 0 Å². The number of pyridine rings is 1. The maximum absolute atomic E-state index is 12.1. The van der Waals surface area contributed by atoms with Crippen molar-refractivity contribution in [3.05, 3.63) is 40.7 Å². The minimum atomic E-state index is -0.0892. The van der Waals surface area contributed by atoms with Gasteiger partial charge in [-0.05, 0) is 29.0 Å². The Balaban J connectivity index is 1.93. The molecule has 1 heterocycles. The van der Waals surface area contributed by atoms with Crippen LogP contribution in [0.4, 0.5) is 0 Å². The molecule has 0 aromatic carbocycles. The second-order valence-electron chi connectivity index (χ2n) is 5.36. The molecule has 1 saturated carbocycles. The van der Waals surface area contributed by atoms with Gasteiger partial charge in [0.1, 0.15) is 4.49 Å². The number of hydrogen-bond acceptors (Lipinski definition) is 2. The zero-order valence-electron chi connectivity index (χ0n) is 10.9. The topological polar surface area (TPSA) is 42.0 Å². The third kappa shape index (κ3) is 3.28. The number of rotatable bonds is 4. The number of halogens is 2. The second-order valence-corrected chi connectivity index (χ2v) is 6.37. The van der Waals surface area contributed by atoms with Crippen LogP contribution in [0.15, 0.2) is 35.1 Å². The number of amides is 1. The molecule has 0 bridgehead atoms. The summed E-state index contributed by atoms with van der Waals surface area (Å²) in [6, 6.07) is 3.78. The molecular formula is C14H16Cl2N2O. The molecule has 102 valence electrons. The molecule has 2 atom stereocenters. The average molecular weight is 299 g/mol. The number of nitrogens with zero attached hydrogens (tertiary/aromatic N) is 1. The normalized spacial score (nSPS) is 23.6. The standard InChI is InChI=1S/C14H16Cl2N2O/c1-14(2)10(6-11(15)16)12(14)13(19)18-8-9-4-3-5-17-7-9/h3-7,10,12H,8H2,1-2H3,(H,18,19). The highest BCUT2D eigenvalue weighted by atomic mass is 35.5. The number of carbonyl (C=O) groups is 1. The first-order chi connectivity index (χ1) is 8.93. The summed E-state index contributed by atoms with van der Waals surface area (Å²) < 4.78 is 0.223. The minimum Gasteiger partial charge on any atom is -0.352 e. The molecule has 1 fully saturated rings. The predicted molar refractivity (Wildman–Crippen MR) is 76.6 cm³/mol. The Labute approximate surface area is 123 Å². The van der Waals surface area contributed by atoms with Gasteiger partial charge in [-0.3, -0.25) is 9.78 Å². The van der Waals surface area contributed by atoms with Gasteiger partial charge < -0.3 is 5.32 Å². The van der Waals surface area contributed by atoms with E-state index in [1.165, 1.54) is 0 Å². The van der Waals surface area contributed by atoms with Gasteiger partial charge in [0.25, 0.3) is 0 Å². The van der Waals surface area contributed by atoms with E-state index < -0.39 is 0 Å². The molecule has 1 aromatic heterocycles. The smallest absolute Gasteiger partial charge is 0.224 e. The number of aromatic nitrogens is 1. The Morgan fingerprint density at radius 1 is 1.53 bits per heavy atom. The van der Waals surface area contributed by atoms with Crippen LogP contribution in [-0.2, 0) is 11.3 Å². The highest BCUT2D eigenvalue weighted by molar-refractivity contribution is 6.55. The molecule has 2 rings (SSSR count). The van der Waals surface area contributed by atoms with Crippen molar-refractivity contribution in [2.75, 3.05) is 0 Å². The molecule has 1 aliphatic carbocycles. The van der Waals surface area contributed by atoms with E-state index in [-0.39, 0.29) is 27.6 Å². The maximum atomic E-state index is 12.1. The van der Waals surface area contributed by atoms with Crippen LogP contribution in [0.3, 0.4) is 0 Å². The van der Waals surface area contributed by atoms with Gasteiger partial charge in [0, 0.05) is 18.9 Å². The molecule has 1 amide bonds. The molecule has 1 N–H and O–H groups in total. The maximum Gasteiger partial charge on any atom is 0.224 e. The lowest BCUT2D eigenvalue weighted by Crippen LogP contribution is -2.26. The van der Waals surface area contributed by atoms with Gasteiger partial charge >= 0.3 is 0 Å². The van der Waals surface area contributed by atoms with E-state index in [0.29, 0.717) is 6.54 Å². The Hall–Kier alpha value is -1.06. The van der Waals surface area contributed by atoms with Crippen LogP contribution in [0.25, 0.3) is 0 Å². The van der Waals surface area contributed by atoms with Crippen LogP contribution in [0.2, 0.25) is 0 Å². The van der Waals surface area contributed by atoms with E-state index in [4.69, 9.17) is 23.2 Å². The summed E-state index contributed by atoms with van der Waals surface area (Å²) in [4.78, 5) is 16.1. The van der Waals surface area contributed by atoms with Crippen molar-refractivity contribution < 1.29 is 4.79 Å². The van der Waals surface area contributed by atoms with Gasteiger partial charge in [-0.15, -0.1) is 0 Å². The zero-order chi connectivity index (χ0) is 14.0. The summed E-state index contributed by atoms with van der Waals surface area (Å²) in [7, 11) is 0. The van der Waals surface area contributed by atoms with Crippen LogP contribution in [0, 0.1) is 17.3 Å². The quantitative estimate of drug-likeness (QED) is 0.927. The summed E-state index contributed by atoms with van der Waals surface area (Å²) in [5.41, 5.74) is 0.894. The predicted octanol–water partition coefficient (Wildman–Crippen LogP) is 3.29. The molecule has 0 radical (unpaired) electrons. The van der Waals surface area contributed by atoms with Gasteiger partial charge in [-0.1, -0.05) is 43.1 Å². The first kappa shape index (κ1) is 14.4. The van der Waals surface area contributed by atoms with Gasteiger partial charge in [0.2, 0.25) is 5.91 Å². The lowest BCUT2D eigenvalue weighted by molar-refractivity contribution is -0.123. The highest BCUT2D eigenvalue weighted by Crippen LogP contribution is 2.59. The molecular weight excluding hydrogens is 283 g/mol. The Morgan fingerprint density at radius 2 is 2.26 bits per heavy atom. The summed E-state index contributed by atoms with van der Waals surface area (Å²) in [6.45, 7) is 4.57. The van der Waals surface area contributed by atoms with E-state index in [9.17, 15) is 4.79 Å². The number of hydrogen-bond donors (Lipinski definition) is 1. The van der Waals surface area contributed by atoms with Gasteiger partial charge in [0.05, 0.1) is 5.92 Å². The first-order valence-electron chi connectivity index (χ1n) is 6.12. The van der Waals surface area contributed by atoms with E-state index >= 15 is 0 Å². The van der Waals surface area contributed by atoms with Crippen LogP contribution < -0.4 is 5.32 Å². The Morgan fingerprint density at radius 3 is 2.84 bits per heavy atom. The van der Waals surface area contributed by atoms with Crippen LogP contribution in [0.5, 0.6) is 0 Å². The third-order valence-electron chi connectivity index (χ3n) is 3.69. The summed E-state index contributed by atoms with van der Waals surface area (Å²) in [6.07, 6.45) is 5.20. The summed E-state index contributed by atoms with van der Waals surface area (Å²) in [5, 5.41) is 2.93. The molecule has 1 aromatic rings. The molecule has 3 nitrogen and oxygen atoms in total. The Bertz CT molecular complexity index is 495. The van der Waals surface area contributed by atoms with Gasteiger partial charge in [-0.2, -0.15) is 0 Å². The molecule has 0 saturated heterocycles. The second kappa shape index (κ2) is 5.51. The van der Waals surface area contributed by atoms with Crippen molar-refractivity contribution in [2.24, 2.45) is 17.3 Å².